The summed E-state index contributed by atoms with van der Waals surface area (Å²) in [6, 6.07) is 18.8. The summed E-state index contributed by atoms with van der Waals surface area (Å²) in [4.78, 5) is 11.0. The van der Waals surface area contributed by atoms with E-state index >= 15 is 0 Å². The van der Waals surface area contributed by atoms with Gasteiger partial charge in [-0.3, -0.25) is 0 Å². The Kier molecular flexibility index (Phi) is 8.35. The van der Waals surface area contributed by atoms with Crippen LogP contribution in [-0.4, -0.2) is 17.4 Å². The lowest BCUT2D eigenvalue weighted by atomic mass is 10.0. The highest BCUT2D eigenvalue weighted by Crippen LogP contribution is 2.31. The predicted octanol–water partition coefficient (Wildman–Crippen LogP) is 7.27. The van der Waals surface area contributed by atoms with Gasteiger partial charge in [-0.15, -0.1) is 13.2 Å². The van der Waals surface area contributed by atoms with Crippen LogP contribution in [-0.2, 0) is 17.8 Å². The van der Waals surface area contributed by atoms with Gasteiger partial charge in [0.1, 0.15) is 18.1 Å². The Hall–Kier alpha value is -3.74. The Bertz CT molecular complexity index is 1120. The maximum absolute atomic E-state index is 12.4. The second-order valence-corrected chi connectivity index (χ2v) is 7.71. The van der Waals surface area contributed by atoms with E-state index in [1.807, 2.05) is 12.1 Å². The van der Waals surface area contributed by atoms with Crippen LogP contribution in [0.5, 0.6) is 11.5 Å². The van der Waals surface area contributed by atoms with Gasteiger partial charge >= 0.3 is 12.3 Å². The molecular formula is C27H25F3O4. The second kappa shape index (κ2) is 11.4. The van der Waals surface area contributed by atoms with Gasteiger partial charge in [0, 0.05) is 11.6 Å². The molecule has 0 aliphatic rings. The SMILES string of the molecule is CCCCc1ccc(COc2ccc(-c3ccc(OC(F)(F)F)cc3)cc2/C=C/C(=O)O)cc1. The molecule has 0 aliphatic heterocycles. The number of rotatable bonds is 10. The average molecular weight is 470 g/mol. The number of halogens is 3. The number of carboxylic acids is 1. The van der Waals surface area contributed by atoms with Crippen molar-refractivity contribution in [2.75, 3.05) is 0 Å². The van der Waals surface area contributed by atoms with Crippen molar-refractivity contribution in [2.24, 2.45) is 0 Å². The summed E-state index contributed by atoms with van der Waals surface area (Å²) < 4.78 is 47.0. The minimum absolute atomic E-state index is 0.310. The van der Waals surface area contributed by atoms with E-state index in [9.17, 15) is 18.0 Å². The van der Waals surface area contributed by atoms with Gasteiger partial charge in [-0.25, -0.2) is 4.79 Å². The van der Waals surface area contributed by atoms with Crippen LogP contribution in [0.15, 0.2) is 72.8 Å². The number of benzene rings is 3. The Balaban J connectivity index is 1.78. The number of carboxylic acid groups (broad SMARTS) is 1. The van der Waals surface area contributed by atoms with E-state index < -0.39 is 12.3 Å². The maximum Gasteiger partial charge on any atom is 0.573 e. The molecule has 0 heterocycles. The molecule has 0 amide bonds. The van der Waals surface area contributed by atoms with Crippen molar-refractivity contribution in [1.29, 1.82) is 0 Å². The molecule has 0 saturated carbocycles. The molecule has 0 spiro atoms. The van der Waals surface area contributed by atoms with Crippen molar-refractivity contribution in [1.82, 2.24) is 0 Å². The van der Waals surface area contributed by atoms with Gasteiger partial charge in [0.05, 0.1) is 0 Å². The zero-order valence-electron chi connectivity index (χ0n) is 18.6. The molecular weight excluding hydrogens is 445 g/mol. The molecule has 0 fully saturated rings. The lowest BCUT2D eigenvalue weighted by Gasteiger charge is -2.13. The zero-order chi connectivity index (χ0) is 24.6. The first-order valence-electron chi connectivity index (χ1n) is 10.9. The van der Waals surface area contributed by atoms with Crippen LogP contribution in [0.3, 0.4) is 0 Å². The highest BCUT2D eigenvalue weighted by molar-refractivity contribution is 5.86. The number of aryl methyl sites for hydroxylation is 1. The summed E-state index contributed by atoms with van der Waals surface area (Å²) in [6.45, 7) is 2.46. The molecule has 0 saturated heterocycles. The number of hydrogen-bond acceptors (Lipinski definition) is 3. The number of unbranched alkanes of at least 4 members (excludes halogenated alkanes) is 1. The van der Waals surface area contributed by atoms with Crippen molar-refractivity contribution in [3.05, 3.63) is 89.5 Å². The Morgan fingerprint density at radius 3 is 2.21 bits per heavy atom. The van der Waals surface area contributed by atoms with Crippen LogP contribution in [0.2, 0.25) is 0 Å². The van der Waals surface area contributed by atoms with Gasteiger partial charge < -0.3 is 14.6 Å². The van der Waals surface area contributed by atoms with Crippen LogP contribution in [0.1, 0.15) is 36.5 Å². The van der Waals surface area contributed by atoms with Gasteiger partial charge in [-0.1, -0.05) is 55.8 Å². The molecule has 7 heteroatoms. The molecule has 34 heavy (non-hydrogen) atoms. The third-order valence-corrected chi connectivity index (χ3v) is 5.07. The third kappa shape index (κ3) is 7.69. The molecule has 0 aliphatic carbocycles. The summed E-state index contributed by atoms with van der Waals surface area (Å²) in [7, 11) is 0. The van der Waals surface area contributed by atoms with Crippen LogP contribution in [0.25, 0.3) is 17.2 Å². The van der Waals surface area contributed by atoms with E-state index in [2.05, 4.69) is 23.8 Å². The van der Waals surface area contributed by atoms with Gasteiger partial charge in [0.15, 0.2) is 0 Å². The number of carbonyl (C=O) groups is 1. The van der Waals surface area contributed by atoms with Crippen molar-refractivity contribution in [3.8, 4) is 22.6 Å². The summed E-state index contributed by atoms with van der Waals surface area (Å²) in [5.74, 6) is -0.927. The first kappa shape index (κ1) is 24.9. The standard InChI is InChI=1S/C27H25F3O4/c1-2-3-4-19-5-7-20(8-6-19)18-33-25-15-11-22(17-23(25)12-16-26(31)32)21-9-13-24(14-10-21)34-27(28,29)30/h5-17H,2-4,18H2,1H3,(H,31,32)/b16-12+. The molecule has 3 aromatic rings. The number of aliphatic carboxylic acids is 1. The molecule has 3 aromatic carbocycles. The van der Waals surface area contributed by atoms with Crippen LogP contribution in [0, 0.1) is 0 Å². The quantitative estimate of drug-likeness (QED) is 0.317. The molecule has 3 rings (SSSR count). The van der Waals surface area contributed by atoms with Gasteiger partial charge in [-0.05, 0) is 65.4 Å². The first-order valence-corrected chi connectivity index (χ1v) is 10.9. The predicted molar refractivity (Wildman–Crippen MR) is 125 cm³/mol. The van der Waals surface area contributed by atoms with Crippen molar-refractivity contribution in [3.63, 3.8) is 0 Å². The largest absolute Gasteiger partial charge is 0.573 e. The summed E-state index contributed by atoms with van der Waals surface area (Å²) in [6.07, 6.45) is 0.987. The molecule has 178 valence electrons. The van der Waals surface area contributed by atoms with E-state index in [4.69, 9.17) is 9.84 Å². The van der Waals surface area contributed by atoms with Gasteiger partial charge in [-0.2, -0.15) is 0 Å². The fraction of sp³-hybridized carbons (Fsp3) is 0.222. The van der Waals surface area contributed by atoms with Crippen molar-refractivity contribution in [2.45, 2.75) is 39.2 Å². The third-order valence-electron chi connectivity index (χ3n) is 5.07. The fourth-order valence-corrected chi connectivity index (χ4v) is 3.34. The normalized spacial score (nSPS) is 11.5. The Morgan fingerprint density at radius 1 is 0.941 bits per heavy atom. The van der Waals surface area contributed by atoms with Gasteiger partial charge in [0.25, 0.3) is 0 Å². The highest BCUT2D eigenvalue weighted by Gasteiger charge is 2.30. The molecule has 0 bridgehead atoms. The Morgan fingerprint density at radius 2 is 1.59 bits per heavy atom. The number of ether oxygens (including phenoxy) is 2. The number of alkyl halides is 3. The average Bonchev–Trinajstić information content (AvgIpc) is 2.80. The topological polar surface area (TPSA) is 55.8 Å². The van der Waals surface area contributed by atoms with Gasteiger partial charge in [0.2, 0.25) is 0 Å². The first-order chi connectivity index (χ1) is 16.2. The van der Waals surface area contributed by atoms with Crippen molar-refractivity contribution >= 4 is 12.0 Å². The summed E-state index contributed by atoms with van der Waals surface area (Å²) in [5, 5.41) is 9.04. The molecule has 0 unspecified atom stereocenters. The van der Waals surface area contributed by atoms with Crippen LogP contribution in [0.4, 0.5) is 13.2 Å². The minimum Gasteiger partial charge on any atom is -0.488 e. The second-order valence-electron chi connectivity index (χ2n) is 7.71. The van der Waals surface area contributed by atoms with Crippen LogP contribution >= 0.6 is 0 Å². The Labute approximate surface area is 196 Å². The molecule has 0 radical (unpaired) electrons. The lowest BCUT2D eigenvalue weighted by Crippen LogP contribution is -2.16. The van der Waals surface area contributed by atoms with Crippen LogP contribution < -0.4 is 9.47 Å². The summed E-state index contributed by atoms with van der Waals surface area (Å²) in [5.41, 5.74) is 4.13. The smallest absolute Gasteiger partial charge is 0.488 e. The zero-order valence-corrected chi connectivity index (χ0v) is 18.6. The molecule has 0 aromatic heterocycles. The summed E-state index contributed by atoms with van der Waals surface area (Å²) >= 11 is 0. The molecule has 0 atom stereocenters. The molecule has 4 nitrogen and oxygen atoms in total. The number of hydrogen-bond donors (Lipinski definition) is 1. The lowest BCUT2D eigenvalue weighted by molar-refractivity contribution is -0.274. The van der Waals surface area contributed by atoms with E-state index in [0.29, 0.717) is 29.0 Å². The minimum atomic E-state index is -4.76. The van der Waals surface area contributed by atoms with Crippen molar-refractivity contribution < 1.29 is 32.5 Å². The maximum atomic E-state index is 12.4. The van der Waals surface area contributed by atoms with E-state index in [-0.39, 0.29) is 5.75 Å². The monoisotopic (exact) mass is 470 g/mol. The fourth-order valence-electron chi connectivity index (χ4n) is 3.34. The van der Waals surface area contributed by atoms with E-state index in [0.717, 1.165) is 30.9 Å². The van der Waals surface area contributed by atoms with E-state index in [1.165, 1.54) is 35.9 Å². The molecule has 1 N–H and O–H groups in total. The van der Waals surface area contributed by atoms with E-state index in [1.54, 1.807) is 18.2 Å². The highest BCUT2D eigenvalue weighted by atomic mass is 19.4.